The van der Waals surface area contributed by atoms with Crippen LogP contribution in [0.2, 0.25) is 0 Å². The summed E-state index contributed by atoms with van der Waals surface area (Å²) in [4.78, 5) is 11.8. The highest BCUT2D eigenvalue weighted by Crippen LogP contribution is 2.28. The summed E-state index contributed by atoms with van der Waals surface area (Å²) in [5.41, 5.74) is 0.888. The molecular weight excluding hydrogens is 340 g/mol. The summed E-state index contributed by atoms with van der Waals surface area (Å²) in [6, 6.07) is 9.98. The Morgan fingerprint density at radius 3 is 1.93 bits per heavy atom. The van der Waals surface area contributed by atoms with Crippen molar-refractivity contribution in [1.29, 1.82) is 0 Å². The zero-order chi connectivity index (χ0) is 20.2. The second kappa shape index (κ2) is 12.0. The molecule has 27 heavy (non-hydrogen) atoms. The van der Waals surface area contributed by atoms with E-state index in [0.29, 0.717) is 13.1 Å². The van der Waals surface area contributed by atoms with E-state index in [4.69, 9.17) is 0 Å². The molecule has 1 aromatic carbocycles. The van der Waals surface area contributed by atoms with Crippen molar-refractivity contribution in [3.8, 4) is 0 Å². The topological polar surface area (TPSA) is 81.6 Å². The number of amides is 2. The van der Waals surface area contributed by atoms with Crippen molar-refractivity contribution in [2.24, 2.45) is 5.41 Å². The number of aliphatic hydroxyl groups is 2. The van der Waals surface area contributed by atoms with E-state index >= 15 is 0 Å². The number of hydrogen-bond donors (Lipinski definition) is 4. The Hall–Kier alpha value is -1.59. The van der Waals surface area contributed by atoms with Gasteiger partial charge in [-0.15, -0.1) is 0 Å². The molecule has 4 N–H and O–H groups in total. The molecule has 0 radical (unpaired) electrons. The Bertz CT molecular complexity index is 534. The Balaban J connectivity index is 2.13. The second-order valence-corrected chi connectivity index (χ2v) is 8.50. The summed E-state index contributed by atoms with van der Waals surface area (Å²) < 4.78 is 0. The van der Waals surface area contributed by atoms with E-state index in [1.807, 2.05) is 32.0 Å². The molecule has 0 spiro atoms. The fourth-order valence-electron chi connectivity index (χ4n) is 3.07. The molecule has 2 amide bonds. The van der Waals surface area contributed by atoms with E-state index in [1.165, 1.54) is 0 Å². The summed E-state index contributed by atoms with van der Waals surface area (Å²) in [7, 11) is 0. The van der Waals surface area contributed by atoms with Gasteiger partial charge >= 0.3 is 6.03 Å². The molecule has 0 aliphatic rings. The minimum atomic E-state index is -0.230. The maximum Gasteiger partial charge on any atom is 0.314 e. The van der Waals surface area contributed by atoms with Gasteiger partial charge in [-0.05, 0) is 36.7 Å². The second-order valence-electron chi connectivity index (χ2n) is 8.50. The van der Waals surface area contributed by atoms with Gasteiger partial charge in [0.15, 0.2) is 0 Å². The molecule has 0 aliphatic carbocycles. The molecule has 5 nitrogen and oxygen atoms in total. The van der Waals surface area contributed by atoms with Crippen LogP contribution >= 0.6 is 0 Å². The predicted molar refractivity (Wildman–Crippen MR) is 111 cm³/mol. The first-order valence-corrected chi connectivity index (χ1v) is 10.1. The number of carbonyl (C=O) groups is 1. The molecule has 154 valence electrons. The van der Waals surface area contributed by atoms with Crippen LogP contribution in [0.25, 0.3) is 0 Å². The van der Waals surface area contributed by atoms with Crippen LogP contribution in [0.15, 0.2) is 30.3 Å². The minimum absolute atomic E-state index is 0.0366. The van der Waals surface area contributed by atoms with Crippen molar-refractivity contribution in [3.05, 3.63) is 35.9 Å². The van der Waals surface area contributed by atoms with Gasteiger partial charge in [0.2, 0.25) is 0 Å². The fraction of sp³-hybridized carbons (Fsp3) is 0.682. The number of benzene rings is 1. The largest absolute Gasteiger partial charge is 0.396 e. The number of nitrogens with one attached hydrogen (secondary N) is 2. The van der Waals surface area contributed by atoms with Crippen LogP contribution in [0.3, 0.4) is 0 Å². The highest BCUT2D eigenvalue weighted by molar-refractivity contribution is 5.73. The monoisotopic (exact) mass is 378 g/mol. The summed E-state index contributed by atoms with van der Waals surface area (Å²) in [6.45, 7) is 7.79. The molecule has 0 saturated carbocycles. The Labute approximate surface area is 164 Å². The Kier molecular flexibility index (Phi) is 10.4. The first kappa shape index (κ1) is 23.4. The van der Waals surface area contributed by atoms with Crippen molar-refractivity contribution in [2.45, 2.75) is 64.7 Å². The third-order valence-corrected chi connectivity index (χ3v) is 5.25. The fourth-order valence-corrected chi connectivity index (χ4v) is 3.07. The van der Waals surface area contributed by atoms with Gasteiger partial charge in [0, 0.05) is 25.1 Å². The van der Waals surface area contributed by atoms with Crippen molar-refractivity contribution in [1.82, 2.24) is 10.6 Å². The summed E-state index contributed by atoms with van der Waals surface area (Å²) in [5.74, 6) is 0. The summed E-state index contributed by atoms with van der Waals surface area (Å²) in [5, 5.41) is 24.8. The lowest BCUT2D eigenvalue weighted by Crippen LogP contribution is -2.36. The summed E-state index contributed by atoms with van der Waals surface area (Å²) >= 11 is 0. The number of hydrogen-bond acceptors (Lipinski definition) is 3. The molecule has 1 atom stereocenters. The molecular formula is C22H38N2O3. The average Bonchev–Trinajstić information content (AvgIpc) is 2.67. The van der Waals surface area contributed by atoms with E-state index in [1.54, 1.807) is 0 Å². The smallest absolute Gasteiger partial charge is 0.314 e. The quantitative estimate of drug-likeness (QED) is 0.396. The van der Waals surface area contributed by atoms with Crippen molar-refractivity contribution in [2.75, 3.05) is 26.3 Å². The normalized spacial score (nSPS) is 13.8. The number of rotatable bonds is 13. The van der Waals surface area contributed by atoms with E-state index in [9.17, 15) is 15.0 Å². The van der Waals surface area contributed by atoms with Gasteiger partial charge in [0.1, 0.15) is 0 Å². The maximum absolute atomic E-state index is 11.8. The number of aliphatic hydroxyl groups excluding tert-OH is 2. The molecule has 1 unspecified atom stereocenters. The molecule has 0 fully saturated rings. The van der Waals surface area contributed by atoms with Gasteiger partial charge in [-0.2, -0.15) is 0 Å². The van der Waals surface area contributed by atoms with Crippen LogP contribution in [-0.4, -0.2) is 42.5 Å². The van der Waals surface area contributed by atoms with E-state index in [2.05, 4.69) is 29.7 Å². The Morgan fingerprint density at radius 2 is 1.41 bits per heavy atom. The van der Waals surface area contributed by atoms with Crippen LogP contribution in [0.4, 0.5) is 4.79 Å². The molecule has 0 bridgehead atoms. The first-order valence-electron chi connectivity index (χ1n) is 10.1. The lowest BCUT2D eigenvalue weighted by molar-refractivity contribution is 0.147. The van der Waals surface area contributed by atoms with Gasteiger partial charge in [-0.3, -0.25) is 0 Å². The molecule has 5 heteroatoms. The van der Waals surface area contributed by atoms with Crippen molar-refractivity contribution < 1.29 is 15.0 Å². The van der Waals surface area contributed by atoms with E-state index in [0.717, 1.165) is 44.1 Å². The van der Waals surface area contributed by atoms with Crippen LogP contribution < -0.4 is 10.6 Å². The zero-order valence-corrected chi connectivity index (χ0v) is 17.3. The number of urea groups is 1. The van der Waals surface area contributed by atoms with Crippen LogP contribution in [-0.2, 0) is 5.41 Å². The zero-order valence-electron chi connectivity index (χ0n) is 17.3. The van der Waals surface area contributed by atoms with Gasteiger partial charge in [-0.1, -0.05) is 63.9 Å². The SMILES string of the molecule is CC(C)(CO)CCCCNC(=O)NCCCCC(C)(CO)c1ccccc1. The molecule has 0 heterocycles. The molecule has 1 rings (SSSR count). The van der Waals surface area contributed by atoms with Crippen LogP contribution in [0.1, 0.15) is 64.9 Å². The van der Waals surface area contributed by atoms with Gasteiger partial charge < -0.3 is 20.8 Å². The predicted octanol–water partition coefficient (Wildman–Crippen LogP) is 3.59. The lowest BCUT2D eigenvalue weighted by Gasteiger charge is -2.28. The van der Waals surface area contributed by atoms with E-state index < -0.39 is 0 Å². The first-order chi connectivity index (χ1) is 12.8. The standard InChI is InChI=1S/C22H38N2O3/c1-21(2,17-25)13-7-9-15-23-20(27)24-16-10-8-14-22(3,18-26)19-11-5-4-6-12-19/h4-6,11-12,25-26H,7-10,13-18H2,1-3H3,(H2,23,24,27). The third kappa shape index (κ3) is 9.25. The average molecular weight is 379 g/mol. The van der Waals surface area contributed by atoms with Crippen molar-refractivity contribution >= 4 is 6.03 Å². The third-order valence-electron chi connectivity index (χ3n) is 5.25. The van der Waals surface area contributed by atoms with E-state index in [-0.39, 0.29) is 30.1 Å². The highest BCUT2D eigenvalue weighted by atomic mass is 16.3. The molecule has 0 aliphatic heterocycles. The van der Waals surface area contributed by atoms with Gasteiger partial charge in [0.25, 0.3) is 0 Å². The van der Waals surface area contributed by atoms with Crippen molar-refractivity contribution in [3.63, 3.8) is 0 Å². The number of unbranched alkanes of at least 4 members (excludes halogenated alkanes) is 2. The summed E-state index contributed by atoms with van der Waals surface area (Å²) in [6.07, 6.45) is 5.59. The highest BCUT2D eigenvalue weighted by Gasteiger charge is 2.24. The lowest BCUT2D eigenvalue weighted by atomic mass is 9.79. The van der Waals surface area contributed by atoms with Crippen LogP contribution in [0, 0.1) is 5.41 Å². The molecule has 0 saturated heterocycles. The van der Waals surface area contributed by atoms with Crippen LogP contribution in [0.5, 0.6) is 0 Å². The number of carbonyl (C=O) groups excluding carboxylic acids is 1. The Morgan fingerprint density at radius 1 is 0.852 bits per heavy atom. The minimum Gasteiger partial charge on any atom is -0.396 e. The van der Waals surface area contributed by atoms with Gasteiger partial charge in [-0.25, -0.2) is 4.79 Å². The van der Waals surface area contributed by atoms with Gasteiger partial charge in [0.05, 0.1) is 6.61 Å². The molecule has 1 aromatic rings. The maximum atomic E-state index is 11.8. The molecule has 0 aromatic heterocycles.